The Bertz CT molecular complexity index is 1280. The molecule has 36 heavy (non-hydrogen) atoms. The smallest absolute Gasteiger partial charge is 0.280 e. The quantitative estimate of drug-likeness (QED) is 0.422. The number of fused-ring (bicyclic) bond motifs is 3. The molecule has 2 aromatic carbocycles. The molecular formula is C26H25ClFN3O4S. The fraction of sp³-hybridized carbons (Fsp3) is 0.346. The summed E-state index contributed by atoms with van der Waals surface area (Å²) >= 11 is 6.96. The van der Waals surface area contributed by atoms with Crippen molar-refractivity contribution in [3.8, 4) is 17.0 Å². The van der Waals surface area contributed by atoms with Gasteiger partial charge in [0, 0.05) is 22.5 Å². The zero-order chi connectivity index (χ0) is 25.3. The maximum atomic E-state index is 13.6. The van der Waals surface area contributed by atoms with Gasteiger partial charge in [-0.05, 0) is 44.2 Å². The number of carbonyl (C=O) groups excluding carboxylic acids is 2. The molecule has 1 unspecified atom stereocenters. The molecule has 3 aromatic rings. The number of aromatic nitrogens is 1. The normalized spacial score (nSPS) is 24.8. The van der Waals surface area contributed by atoms with Crippen molar-refractivity contribution in [3.05, 3.63) is 69.8 Å². The maximum Gasteiger partial charge on any atom is 0.280 e. The van der Waals surface area contributed by atoms with E-state index in [0.29, 0.717) is 37.1 Å². The van der Waals surface area contributed by atoms with Gasteiger partial charge >= 0.3 is 0 Å². The lowest BCUT2D eigenvalue weighted by molar-refractivity contribution is -0.132. The van der Waals surface area contributed by atoms with Gasteiger partial charge in [-0.2, -0.15) is 0 Å². The Labute approximate surface area is 216 Å². The van der Waals surface area contributed by atoms with Crippen LogP contribution in [-0.4, -0.2) is 45.7 Å². The summed E-state index contributed by atoms with van der Waals surface area (Å²) in [4.78, 5) is 30.1. The van der Waals surface area contributed by atoms with Gasteiger partial charge in [-0.25, -0.2) is 9.37 Å². The minimum atomic E-state index is -0.826. The van der Waals surface area contributed by atoms with Crippen LogP contribution in [0, 0.1) is 5.82 Å². The van der Waals surface area contributed by atoms with Gasteiger partial charge < -0.3 is 20.5 Å². The van der Waals surface area contributed by atoms with Crippen molar-refractivity contribution in [2.24, 2.45) is 0 Å². The molecule has 1 aromatic heterocycles. The van der Waals surface area contributed by atoms with Crippen LogP contribution in [0.4, 0.5) is 4.39 Å². The minimum Gasteiger partial charge on any atom is -0.484 e. The van der Waals surface area contributed by atoms with E-state index in [-0.39, 0.29) is 23.3 Å². The van der Waals surface area contributed by atoms with E-state index in [4.69, 9.17) is 16.3 Å². The standard InChI is InChI=1S/C26H25ClFN3O4S/c27-18-7-6-17(12-19(18)28)35-14-22(33)30-26-10-8-25(9-11-26,13-21(26)32)31-23(34)24-29-20(15-36-24)16-4-2-1-3-5-16/h1-7,12,15,21,32H,8-11,13-14H2,(H,30,33)(H,31,34). The first-order chi connectivity index (χ1) is 17.3. The summed E-state index contributed by atoms with van der Waals surface area (Å²) in [6.45, 7) is -0.314. The zero-order valence-corrected chi connectivity index (χ0v) is 20.9. The Morgan fingerprint density at radius 3 is 2.58 bits per heavy atom. The van der Waals surface area contributed by atoms with Crippen molar-refractivity contribution in [2.75, 3.05) is 6.61 Å². The minimum absolute atomic E-state index is 0.0275. The highest BCUT2D eigenvalue weighted by molar-refractivity contribution is 7.12. The van der Waals surface area contributed by atoms with Gasteiger partial charge in [0.2, 0.25) is 0 Å². The average Bonchev–Trinajstić information content (AvgIpc) is 3.37. The Kier molecular flexibility index (Phi) is 6.72. The molecule has 1 atom stereocenters. The Balaban J connectivity index is 1.18. The summed E-state index contributed by atoms with van der Waals surface area (Å²) in [5, 5.41) is 19.2. The zero-order valence-electron chi connectivity index (χ0n) is 19.3. The monoisotopic (exact) mass is 529 g/mol. The molecule has 3 aliphatic rings. The highest BCUT2D eigenvalue weighted by Gasteiger charge is 2.55. The van der Waals surface area contributed by atoms with Crippen molar-refractivity contribution in [2.45, 2.75) is 49.3 Å². The third-order valence-electron chi connectivity index (χ3n) is 7.12. The van der Waals surface area contributed by atoms with E-state index in [2.05, 4.69) is 15.6 Å². The van der Waals surface area contributed by atoms with Crippen LogP contribution in [0.2, 0.25) is 5.02 Å². The van der Waals surface area contributed by atoms with Gasteiger partial charge in [0.1, 0.15) is 11.6 Å². The van der Waals surface area contributed by atoms with Crippen molar-refractivity contribution >= 4 is 34.8 Å². The van der Waals surface area contributed by atoms with E-state index in [0.717, 1.165) is 17.3 Å². The number of hydrogen-bond acceptors (Lipinski definition) is 6. The number of amides is 2. The van der Waals surface area contributed by atoms with E-state index >= 15 is 0 Å². The van der Waals surface area contributed by atoms with Crippen LogP contribution in [0.3, 0.4) is 0 Å². The molecule has 3 aliphatic carbocycles. The van der Waals surface area contributed by atoms with Gasteiger partial charge in [0.05, 0.1) is 22.4 Å². The number of hydrogen-bond donors (Lipinski definition) is 3. The maximum absolute atomic E-state index is 13.6. The SMILES string of the molecule is O=C(COc1ccc(Cl)c(F)c1)NC12CCC(NC(=O)c3nc(-c4ccccc4)cs3)(CC1)CC2O. The summed E-state index contributed by atoms with van der Waals surface area (Å²) in [5.41, 5.74) is 0.377. The van der Waals surface area contributed by atoms with Gasteiger partial charge in [0.15, 0.2) is 11.6 Å². The molecule has 188 valence electrons. The number of benzene rings is 2. The number of nitrogens with zero attached hydrogens (tertiary/aromatic N) is 1. The molecule has 0 saturated heterocycles. The number of carbonyl (C=O) groups is 2. The predicted molar refractivity (Wildman–Crippen MR) is 135 cm³/mol. The second-order valence-electron chi connectivity index (χ2n) is 9.43. The average molecular weight is 530 g/mol. The number of aliphatic hydroxyl groups is 1. The third-order valence-corrected chi connectivity index (χ3v) is 8.26. The van der Waals surface area contributed by atoms with E-state index in [1.165, 1.54) is 23.5 Å². The number of ether oxygens (including phenoxy) is 1. The number of halogens is 2. The molecule has 2 bridgehead atoms. The summed E-state index contributed by atoms with van der Waals surface area (Å²) in [5.74, 6) is -1.09. The topological polar surface area (TPSA) is 101 Å². The first kappa shape index (κ1) is 24.7. The van der Waals surface area contributed by atoms with Gasteiger partial charge in [-0.1, -0.05) is 41.9 Å². The second-order valence-corrected chi connectivity index (χ2v) is 10.7. The predicted octanol–water partition coefficient (Wildman–Crippen LogP) is 4.34. The first-order valence-corrected chi connectivity index (χ1v) is 12.9. The second kappa shape index (κ2) is 9.80. The first-order valence-electron chi connectivity index (χ1n) is 11.7. The molecule has 3 N–H and O–H groups in total. The summed E-state index contributed by atoms with van der Waals surface area (Å²) in [6.07, 6.45) is 1.78. The van der Waals surface area contributed by atoms with Crippen LogP contribution in [-0.2, 0) is 4.79 Å². The Morgan fingerprint density at radius 2 is 1.89 bits per heavy atom. The highest BCUT2D eigenvalue weighted by Crippen LogP contribution is 2.47. The molecule has 0 aliphatic heterocycles. The lowest BCUT2D eigenvalue weighted by Crippen LogP contribution is -2.70. The van der Waals surface area contributed by atoms with Gasteiger partial charge in [-0.15, -0.1) is 11.3 Å². The van der Waals surface area contributed by atoms with Gasteiger partial charge in [0.25, 0.3) is 11.8 Å². The lowest BCUT2D eigenvalue weighted by atomic mass is 9.60. The van der Waals surface area contributed by atoms with Crippen molar-refractivity contribution in [3.63, 3.8) is 0 Å². The summed E-state index contributed by atoms with van der Waals surface area (Å²) in [6, 6.07) is 13.6. The Morgan fingerprint density at radius 1 is 1.14 bits per heavy atom. The van der Waals surface area contributed by atoms with Crippen LogP contribution in [0.1, 0.15) is 41.9 Å². The van der Waals surface area contributed by atoms with E-state index in [9.17, 15) is 19.1 Å². The number of aliphatic hydroxyl groups excluding tert-OH is 1. The fourth-order valence-electron chi connectivity index (χ4n) is 5.10. The number of nitrogens with one attached hydrogen (secondary N) is 2. The van der Waals surface area contributed by atoms with E-state index < -0.39 is 28.9 Å². The van der Waals surface area contributed by atoms with Crippen molar-refractivity contribution < 1.29 is 23.8 Å². The van der Waals surface area contributed by atoms with E-state index in [1.807, 2.05) is 35.7 Å². The molecule has 3 saturated carbocycles. The third kappa shape index (κ3) is 4.96. The van der Waals surface area contributed by atoms with Crippen LogP contribution < -0.4 is 15.4 Å². The molecule has 0 radical (unpaired) electrons. The van der Waals surface area contributed by atoms with Crippen LogP contribution in [0.5, 0.6) is 5.75 Å². The molecular weight excluding hydrogens is 505 g/mol. The Hall–Kier alpha value is -3.01. The molecule has 3 fully saturated rings. The molecule has 6 rings (SSSR count). The molecule has 7 nitrogen and oxygen atoms in total. The summed E-state index contributed by atoms with van der Waals surface area (Å²) < 4.78 is 19.0. The number of thiazole rings is 1. The van der Waals surface area contributed by atoms with Crippen LogP contribution in [0.25, 0.3) is 11.3 Å². The van der Waals surface area contributed by atoms with Crippen LogP contribution >= 0.6 is 22.9 Å². The van der Waals surface area contributed by atoms with Gasteiger partial charge in [-0.3, -0.25) is 9.59 Å². The molecule has 10 heteroatoms. The van der Waals surface area contributed by atoms with Crippen molar-refractivity contribution in [1.82, 2.24) is 15.6 Å². The summed E-state index contributed by atoms with van der Waals surface area (Å²) in [7, 11) is 0. The molecule has 2 amide bonds. The highest BCUT2D eigenvalue weighted by atomic mass is 35.5. The lowest BCUT2D eigenvalue weighted by Gasteiger charge is -2.56. The largest absolute Gasteiger partial charge is 0.484 e. The molecule has 0 spiro atoms. The fourth-order valence-corrected chi connectivity index (χ4v) is 5.94. The molecule has 1 heterocycles. The number of rotatable bonds is 7. The van der Waals surface area contributed by atoms with Crippen molar-refractivity contribution in [1.29, 1.82) is 0 Å². The van der Waals surface area contributed by atoms with Crippen LogP contribution in [0.15, 0.2) is 53.9 Å². The van der Waals surface area contributed by atoms with E-state index in [1.54, 1.807) is 0 Å².